The predicted octanol–water partition coefficient (Wildman–Crippen LogP) is 2.89. The first-order valence-electron chi connectivity index (χ1n) is 3.33. The minimum atomic E-state index is -0.240. The highest BCUT2D eigenvalue weighted by Gasteiger charge is 1.94. The monoisotopic (exact) mass is 201 g/mol. The zero-order valence-electron chi connectivity index (χ0n) is 6.50. The molecule has 64 valence electrons. The summed E-state index contributed by atoms with van der Waals surface area (Å²) in [6.07, 6.45) is 1.89. The van der Waals surface area contributed by atoms with E-state index in [4.69, 9.17) is 12.2 Å². The third-order valence-corrected chi connectivity index (χ3v) is 2.35. The molecule has 0 aliphatic carbocycles. The average Bonchev–Trinajstić information content (AvgIpc) is 2.09. The maximum Gasteiger partial charge on any atom is 0.137 e. The van der Waals surface area contributed by atoms with Crippen molar-refractivity contribution >= 4 is 34.0 Å². The smallest absolute Gasteiger partial charge is 0.137 e. The van der Waals surface area contributed by atoms with E-state index in [2.05, 4.69) is 5.32 Å². The maximum absolute atomic E-state index is 12.4. The maximum atomic E-state index is 12.4. The van der Waals surface area contributed by atoms with Crippen molar-refractivity contribution in [3.05, 3.63) is 30.1 Å². The van der Waals surface area contributed by atoms with E-state index in [1.165, 1.54) is 23.9 Å². The van der Waals surface area contributed by atoms with Crippen LogP contribution < -0.4 is 5.32 Å². The summed E-state index contributed by atoms with van der Waals surface area (Å²) in [5.41, 5.74) is 0.816. The summed E-state index contributed by atoms with van der Waals surface area (Å²) in [6, 6.07) is 6.09. The molecule has 1 nitrogen and oxygen atoms in total. The van der Waals surface area contributed by atoms with Crippen LogP contribution in [0.2, 0.25) is 0 Å². The lowest BCUT2D eigenvalue weighted by Gasteiger charge is -2.03. The lowest BCUT2D eigenvalue weighted by Crippen LogP contribution is -2.02. The Morgan fingerprint density at radius 2 is 2.00 bits per heavy atom. The molecule has 0 unspecified atom stereocenters. The number of thioether (sulfide) groups is 1. The second-order valence-corrected chi connectivity index (χ2v) is 3.61. The van der Waals surface area contributed by atoms with Crippen molar-refractivity contribution in [2.45, 2.75) is 0 Å². The number of hydrogen-bond acceptors (Lipinski definition) is 2. The van der Waals surface area contributed by atoms with Gasteiger partial charge in [0.2, 0.25) is 0 Å². The van der Waals surface area contributed by atoms with E-state index >= 15 is 0 Å². The van der Waals surface area contributed by atoms with Gasteiger partial charge in [0.15, 0.2) is 0 Å². The van der Waals surface area contributed by atoms with Crippen molar-refractivity contribution in [2.24, 2.45) is 0 Å². The Bertz CT molecular complexity index is 271. The van der Waals surface area contributed by atoms with E-state index in [0.717, 1.165) is 5.69 Å². The Hall–Kier alpha value is -0.610. The molecule has 0 saturated carbocycles. The molecule has 4 heteroatoms. The van der Waals surface area contributed by atoms with Crippen LogP contribution in [0.25, 0.3) is 0 Å². The number of nitrogens with one attached hydrogen (secondary N) is 1. The molecule has 1 aromatic carbocycles. The van der Waals surface area contributed by atoms with Crippen LogP contribution in [0.3, 0.4) is 0 Å². The van der Waals surface area contributed by atoms with Crippen molar-refractivity contribution in [1.82, 2.24) is 0 Å². The number of rotatable bonds is 1. The third-order valence-electron chi connectivity index (χ3n) is 1.28. The number of anilines is 1. The molecule has 0 aliphatic rings. The predicted molar refractivity (Wildman–Crippen MR) is 56.1 cm³/mol. The second kappa shape index (κ2) is 4.42. The minimum Gasteiger partial charge on any atom is -0.341 e. The summed E-state index contributed by atoms with van der Waals surface area (Å²) >= 11 is 6.38. The van der Waals surface area contributed by atoms with E-state index in [-0.39, 0.29) is 5.82 Å². The van der Waals surface area contributed by atoms with Gasteiger partial charge in [0.25, 0.3) is 0 Å². The molecular formula is C8H8FNS2. The van der Waals surface area contributed by atoms with Gasteiger partial charge < -0.3 is 5.32 Å². The van der Waals surface area contributed by atoms with E-state index in [1.54, 1.807) is 12.1 Å². The first-order chi connectivity index (χ1) is 5.72. The Kier molecular flexibility index (Phi) is 3.49. The van der Waals surface area contributed by atoms with Crippen LogP contribution in [-0.4, -0.2) is 10.6 Å². The van der Waals surface area contributed by atoms with Gasteiger partial charge in [-0.1, -0.05) is 12.2 Å². The summed E-state index contributed by atoms with van der Waals surface area (Å²) in [5, 5.41) is 2.95. The van der Waals surface area contributed by atoms with Crippen LogP contribution in [0.4, 0.5) is 10.1 Å². The highest BCUT2D eigenvalue weighted by molar-refractivity contribution is 8.22. The van der Waals surface area contributed by atoms with Gasteiger partial charge in [0, 0.05) is 5.69 Å². The van der Waals surface area contributed by atoms with Gasteiger partial charge in [0.05, 0.1) is 0 Å². The molecule has 0 aromatic heterocycles. The minimum absolute atomic E-state index is 0.240. The summed E-state index contributed by atoms with van der Waals surface area (Å²) in [6.45, 7) is 0. The number of halogens is 1. The Morgan fingerprint density at radius 1 is 1.42 bits per heavy atom. The molecule has 0 amide bonds. The quantitative estimate of drug-likeness (QED) is 0.702. The second-order valence-electron chi connectivity index (χ2n) is 2.12. The third kappa shape index (κ3) is 2.79. The number of thiocarbonyl (C=S) groups is 1. The fraction of sp³-hybridized carbons (Fsp3) is 0.125. The molecule has 1 aromatic rings. The summed E-state index contributed by atoms with van der Waals surface area (Å²) < 4.78 is 13.1. The van der Waals surface area contributed by atoms with Gasteiger partial charge in [-0.15, -0.1) is 11.8 Å². The molecule has 1 N–H and O–H groups in total. The highest BCUT2D eigenvalue weighted by Crippen LogP contribution is 2.10. The van der Waals surface area contributed by atoms with E-state index in [1.807, 2.05) is 6.26 Å². The largest absolute Gasteiger partial charge is 0.341 e. The Balaban J connectivity index is 2.64. The Labute approximate surface area is 80.4 Å². The normalized spacial score (nSPS) is 9.50. The zero-order chi connectivity index (χ0) is 8.97. The van der Waals surface area contributed by atoms with Crippen molar-refractivity contribution < 1.29 is 4.39 Å². The van der Waals surface area contributed by atoms with Gasteiger partial charge in [-0.05, 0) is 30.5 Å². The summed E-state index contributed by atoms with van der Waals surface area (Å²) in [7, 11) is 0. The molecule has 0 heterocycles. The first-order valence-corrected chi connectivity index (χ1v) is 4.96. The fourth-order valence-electron chi connectivity index (χ4n) is 0.702. The Morgan fingerprint density at radius 3 is 2.50 bits per heavy atom. The topological polar surface area (TPSA) is 12.0 Å². The summed E-state index contributed by atoms with van der Waals surface area (Å²) in [4.78, 5) is 0. The molecule has 0 atom stereocenters. The molecule has 0 spiro atoms. The van der Waals surface area contributed by atoms with E-state index < -0.39 is 0 Å². The van der Waals surface area contributed by atoms with Gasteiger partial charge >= 0.3 is 0 Å². The fourth-order valence-corrected chi connectivity index (χ4v) is 1.04. The van der Waals surface area contributed by atoms with Gasteiger partial charge in [-0.3, -0.25) is 0 Å². The molecular weight excluding hydrogens is 193 g/mol. The van der Waals surface area contributed by atoms with Gasteiger partial charge in [-0.2, -0.15) is 0 Å². The molecule has 0 bridgehead atoms. The van der Waals surface area contributed by atoms with Crippen molar-refractivity contribution in [2.75, 3.05) is 11.6 Å². The molecule has 1 rings (SSSR count). The lowest BCUT2D eigenvalue weighted by molar-refractivity contribution is 0.628. The van der Waals surface area contributed by atoms with Gasteiger partial charge in [0.1, 0.15) is 10.1 Å². The van der Waals surface area contributed by atoms with Crippen molar-refractivity contribution in [3.8, 4) is 0 Å². The van der Waals surface area contributed by atoms with E-state index in [0.29, 0.717) is 4.32 Å². The highest BCUT2D eigenvalue weighted by atomic mass is 32.2. The zero-order valence-corrected chi connectivity index (χ0v) is 8.14. The lowest BCUT2D eigenvalue weighted by atomic mass is 10.3. The molecule has 0 fully saturated rings. The molecule has 0 radical (unpaired) electrons. The number of benzene rings is 1. The van der Waals surface area contributed by atoms with Crippen molar-refractivity contribution in [1.29, 1.82) is 0 Å². The van der Waals surface area contributed by atoms with Crippen molar-refractivity contribution in [3.63, 3.8) is 0 Å². The number of hydrogen-bond donors (Lipinski definition) is 1. The average molecular weight is 201 g/mol. The summed E-state index contributed by atoms with van der Waals surface area (Å²) in [5.74, 6) is -0.240. The van der Waals surface area contributed by atoms with Crippen LogP contribution in [0.15, 0.2) is 24.3 Å². The first kappa shape index (κ1) is 9.48. The van der Waals surface area contributed by atoms with Crippen LogP contribution >= 0.6 is 24.0 Å². The van der Waals surface area contributed by atoms with Crippen LogP contribution in [0.1, 0.15) is 0 Å². The van der Waals surface area contributed by atoms with Crippen LogP contribution in [0.5, 0.6) is 0 Å². The molecule has 12 heavy (non-hydrogen) atoms. The van der Waals surface area contributed by atoms with Crippen LogP contribution in [0, 0.1) is 5.82 Å². The van der Waals surface area contributed by atoms with Crippen LogP contribution in [-0.2, 0) is 0 Å². The molecule has 0 aliphatic heterocycles. The molecule has 0 saturated heterocycles. The van der Waals surface area contributed by atoms with Gasteiger partial charge in [-0.25, -0.2) is 4.39 Å². The SMILES string of the molecule is CSC(=S)Nc1ccc(F)cc1. The van der Waals surface area contributed by atoms with E-state index in [9.17, 15) is 4.39 Å². The standard InChI is InChI=1S/C8H8FNS2/c1-12-8(11)10-7-4-2-6(9)3-5-7/h2-5H,1H3,(H,10,11).